The number of benzene rings is 1. The van der Waals surface area contributed by atoms with Gasteiger partial charge in [0.25, 0.3) is 5.91 Å². The normalized spacial score (nSPS) is 33.1. The van der Waals surface area contributed by atoms with Crippen molar-refractivity contribution in [3.8, 4) is 0 Å². The van der Waals surface area contributed by atoms with Gasteiger partial charge in [-0.05, 0) is 30.9 Å². The number of rotatable bonds is 3. The highest BCUT2D eigenvalue weighted by molar-refractivity contribution is 5.94. The summed E-state index contributed by atoms with van der Waals surface area (Å²) in [7, 11) is 1.73. The fourth-order valence-electron chi connectivity index (χ4n) is 3.30. The van der Waals surface area contributed by atoms with Crippen LogP contribution >= 0.6 is 0 Å². The summed E-state index contributed by atoms with van der Waals surface area (Å²) in [6.07, 6.45) is 2.33. The number of carbonyl (C=O) groups is 1. The van der Waals surface area contributed by atoms with Gasteiger partial charge in [0.1, 0.15) is 6.23 Å². The largest absolute Gasteiger partial charge is 0.364 e. The van der Waals surface area contributed by atoms with Crippen molar-refractivity contribution in [2.24, 2.45) is 5.92 Å². The number of ether oxygens (including phenoxy) is 1. The van der Waals surface area contributed by atoms with Crippen LogP contribution in [-0.4, -0.2) is 43.3 Å². The van der Waals surface area contributed by atoms with Crippen LogP contribution in [0.1, 0.15) is 23.2 Å². The molecule has 0 saturated carbocycles. The molecular weight excluding hydrogens is 240 g/mol. The molecule has 2 unspecified atom stereocenters. The second kappa shape index (κ2) is 5.31. The summed E-state index contributed by atoms with van der Waals surface area (Å²) in [6.45, 7) is 2.17. The van der Waals surface area contributed by atoms with E-state index in [1.807, 2.05) is 30.3 Å². The third-order valence-corrected chi connectivity index (χ3v) is 4.32. The van der Waals surface area contributed by atoms with Gasteiger partial charge in [0, 0.05) is 25.8 Å². The summed E-state index contributed by atoms with van der Waals surface area (Å²) in [4.78, 5) is 14.6. The number of hydrogen-bond acceptors (Lipinski definition) is 3. The Morgan fingerprint density at radius 3 is 2.58 bits per heavy atom. The Morgan fingerprint density at radius 2 is 1.95 bits per heavy atom. The molecular formula is C15H20N2O2. The van der Waals surface area contributed by atoms with Gasteiger partial charge in [0.2, 0.25) is 0 Å². The SMILES string of the molecule is COC1C(NC(=O)c2ccccc2)C2CCN1CC2. The third-order valence-electron chi connectivity index (χ3n) is 4.32. The average Bonchev–Trinajstić information content (AvgIpc) is 2.49. The molecule has 3 saturated heterocycles. The minimum Gasteiger partial charge on any atom is -0.364 e. The van der Waals surface area contributed by atoms with E-state index in [9.17, 15) is 4.79 Å². The van der Waals surface area contributed by atoms with Gasteiger partial charge in [0.05, 0.1) is 6.04 Å². The Morgan fingerprint density at radius 1 is 1.26 bits per heavy atom. The van der Waals surface area contributed by atoms with Gasteiger partial charge >= 0.3 is 0 Å². The Labute approximate surface area is 113 Å². The van der Waals surface area contributed by atoms with Crippen LogP contribution in [0, 0.1) is 5.92 Å². The lowest BCUT2D eigenvalue weighted by molar-refractivity contribution is -0.121. The Bertz CT molecular complexity index is 441. The van der Waals surface area contributed by atoms with Crippen molar-refractivity contribution in [3.63, 3.8) is 0 Å². The van der Waals surface area contributed by atoms with Crippen LogP contribution in [0.15, 0.2) is 30.3 Å². The van der Waals surface area contributed by atoms with Crippen molar-refractivity contribution in [1.82, 2.24) is 10.2 Å². The zero-order valence-electron chi connectivity index (χ0n) is 11.2. The topological polar surface area (TPSA) is 41.6 Å². The van der Waals surface area contributed by atoms with Gasteiger partial charge in [-0.25, -0.2) is 0 Å². The predicted molar refractivity (Wildman–Crippen MR) is 72.8 cm³/mol. The van der Waals surface area contributed by atoms with E-state index in [1.165, 1.54) is 0 Å². The maximum absolute atomic E-state index is 12.3. The van der Waals surface area contributed by atoms with Gasteiger partial charge in [-0.3, -0.25) is 9.69 Å². The summed E-state index contributed by atoms with van der Waals surface area (Å²) in [6, 6.07) is 9.50. The molecule has 1 N–H and O–H groups in total. The Balaban J connectivity index is 1.73. The van der Waals surface area contributed by atoms with Crippen molar-refractivity contribution in [3.05, 3.63) is 35.9 Å². The molecule has 3 fully saturated rings. The average molecular weight is 260 g/mol. The number of amides is 1. The maximum Gasteiger partial charge on any atom is 0.251 e. The molecule has 2 atom stereocenters. The first-order valence-electron chi connectivity index (χ1n) is 6.92. The summed E-state index contributed by atoms with van der Waals surface area (Å²) in [5, 5.41) is 3.16. The quantitative estimate of drug-likeness (QED) is 0.895. The van der Waals surface area contributed by atoms with Crippen LogP contribution in [0.4, 0.5) is 0 Å². The lowest BCUT2D eigenvalue weighted by Gasteiger charge is -2.50. The molecule has 19 heavy (non-hydrogen) atoms. The van der Waals surface area contributed by atoms with E-state index in [1.54, 1.807) is 7.11 Å². The first-order valence-corrected chi connectivity index (χ1v) is 6.92. The fourth-order valence-corrected chi connectivity index (χ4v) is 3.30. The number of carbonyl (C=O) groups excluding carboxylic acids is 1. The van der Waals surface area contributed by atoms with Crippen molar-refractivity contribution in [1.29, 1.82) is 0 Å². The zero-order chi connectivity index (χ0) is 13.2. The zero-order valence-corrected chi connectivity index (χ0v) is 11.2. The van der Waals surface area contributed by atoms with Gasteiger partial charge < -0.3 is 10.1 Å². The number of piperidine rings is 3. The molecule has 4 rings (SSSR count). The summed E-state index contributed by atoms with van der Waals surface area (Å²) < 4.78 is 5.59. The van der Waals surface area contributed by atoms with Crippen molar-refractivity contribution in [2.45, 2.75) is 25.1 Å². The highest BCUT2D eigenvalue weighted by Gasteiger charge is 2.43. The molecule has 2 bridgehead atoms. The third kappa shape index (κ3) is 2.38. The number of nitrogens with one attached hydrogen (secondary N) is 1. The highest BCUT2D eigenvalue weighted by atomic mass is 16.5. The van der Waals surface area contributed by atoms with Crippen molar-refractivity contribution in [2.75, 3.05) is 20.2 Å². The smallest absolute Gasteiger partial charge is 0.251 e. The molecule has 4 heteroatoms. The Kier molecular flexibility index (Phi) is 3.53. The number of methoxy groups -OCH3 is 1. The summed E-state index contributed by atoms with van der Waals surface area (Å²) in [5.41, 5.74) is 0.716. The van der Waals surface area contributed by atoms with Crippen LogP contribution in [0.2, 0.25) is 0 Å². The summed E-state index contributed by atoms with van der Waals surface area (Å²) >= 11 is 0. The highest BCUT2D eigenvalue weighted by Crippen LogP contribution is 2.32. The standard InChI is InChI=1S/C15H20N2O2/c1-19-15-13(11-7-9-17(15)10-8-11)16-14(18)12-5-3-2-4-6-12/h2-6,11,13,15H,7-10H2,1H3,(H,16,18). The van der Waals surface area contributed by atoms with Crippen molar-refractivity contribution >= 4 is 5.91 Å². The number of fused-ring (bicyclic) bond motifs is 3. The molecule has 3 heterocycles. The summed E-state index contributed by atoms with van der Waals surface area (Å²) in [5.74, 6) is 0.545. The van der Waals surface area contributed by atoms with Crippen molar-refractivity contribution < 1.29 is 9.53 Å². The van der Waals surface area contributed by atoms with Gasteiger partial charge in [-0.1, -0.05) is 18.2 Å². The minimum absolute atomic E-state index is 0.00130. The van der Waals surface area contributed by atoms with Crippen LogP contribution < -0.4 is 5.32 Å². The van der Waals surface area contributed by atoms with Gasteiger partial charge in [-0.2, -0.15) is 0 Å². The molecule has 1 aromatic rings. The number of hydrogen-bond donors (Lipinski definition) is 1. The molecule has 4 nitrogen and oxygen atoms in total. The van der Waals surface area contributed by atoms with E-state index in [4.69, 9.17) is 4.74 Å². The molecule has 0 spiro atoms. The van der Waals surface area contributed by atoms with E-state index in [0.29, 0.717) is 11.5 Å². The maximum atomic E-state index is 12.3. The lowest BCUT2D eigenvalue weighted by atomic mass is 9.82. The van der Waals surface area contributed by atoms with Crippen LogP contribution in [0.25, 0.3) is 0 Å². The van der Waals surface area contributed by atoms with Gasteiger partial charge in [0.15, 0.2) is 0 Å². The first kappa shape index (κ1) is 12.6. The predicted octanol–water partition coefficient (Wildman–Crippen LogP) is 1.48. The minimum atomic E-state index is 0.00130. The van der Waals surface area contributed by atoms with Gasteiger partial charge in [-0.15, -0.1) is 0 Å². The second-order valence-corrected chi connectivity index (χ2v) is 5.36. The van der Waals surface area contributed by atoms with E-state index in [0.717, 1.165) is 25.9 Å². The molecule has 1 amide bonds. The molecule has 1 aromatic carbocycles. The van der Waals surface area contributed by atoms with E-state index < -0.39 is 0 Å². The molecule has 0 aliphatic carbocycles. The molecule has 3 aliphatic heterocycles. The first-order chi connectivity index (χ1) is 9.29. The molecule has 0 radical (unpaired) electrons. The Hall–Kier alpha value is -1.39. The molecule has 102 valence electrons. The lowest BCUT2D eigenvalue weighted by Crippen LogP contribution is -2.64. The monoisotopic (exact) mass is 260 g/mol. The number of nitrogens with zero attached hydrogens (tertiary/aromatic N) is 1. The van der Waals surface area contributed by atoms with Crippen LogP contribution in [0.5, 0.6) is 0 Å². The van der Waals surface area contributed by atoms with E-state index >= 15 is 0 Å². The van der Waals surface area contributed by atoms with E-state index in [-0.39, 0.29) is 18.2 Å². The second-order valence-electron chi connectivity index (χ2n) is 5.36. The van der Waals surface area contributed by atoms with E-state index in [2.05, 4.69) is 10.2 Å². The molecule has 3 aliphatic rings. The van der Waals surface area contributed by atoms with Crippen LogP contribution in [-0.2, 0) is 4.74 Å². The fraction of sp³-hybridized carbons (Fsp3) is 0.533. The van der Waals surface area contributed by atoms with Crippen LogP contribution in [0.3, 0.4) is 0 Å². The molecule has 0 aromatic heterocycles.